The molecule has 1 aromatic rings. The molecule has 0 fully saturated rings. The minimum atomic E-state index is -5.15. The first-order chi connectivity index (χ1) is 10.2. The van der Waals surface area contributed by atoms with Crippen LogP contribution in [0.2, 0.25) is 0 Å². The Morgan fingerprint density at radius 3 is 1.70 bits per heavy atom. The van der Waals surface area contributed by atoms with E-state index in [-0.39, 0.29) is 12.1 Å². The number of alkyl halides is 6. The van der Waals surface area contributed by atoms with Gasteiger partial charge in [-0.2, -0.15) is 22.0 Å². The maximum absolute atomic E-state index is 12.7. The molecule has 0 radical (unpaired) electrons. The highest BCUT2D eigenvalue weighted by Crippen LogP contribution is 2.43. The SMILES string of the molecule is O=[N+]([O-])c1cc(C(F)(F)F)cc([N+](=O)[O-])c1N=C(Cl)C(F)(F)Cl. The quantitative estimate of drug-likeness (QED) is 0.249. The molecule has 0 aromatic heterocycles. The summed E-state index contributed by atoms with van der Waals surface area (Å²) in [6.45, 7) is 0. The van der Waals surface area contributed by atoms with Crippen molar-refractivity contribution < 1.29 is 31.8 Å². The predicted octanol–water partition coefficient (Wildman–Crippen LogP) is 4.62. The lowest BCUT2D eigenvalue weighted by molar-refractivity contribution is -0.392. The fourth-order valence-corrected chi connectivity index (χ4v) is 1.45. The zero-order valence-electron chi connectivity index (χ0n) is 10.3. The van der Waals surface area contributed by atoms with Crippen molar-refractivity contribution >= 4 is 45.4 Å². The number of nitro groups is 2. The highest BCUT2D eigenvalue weighted by molar-refractivity contribution is 6.71. The second kappa shape index (κ2) is 6.20. The molecule has 1 rings (SSSR count). The first kappa shape index (κ1) is 19.0. The van der Waals surface area contributed by atoms with Gasteiger partial charge in [0.25, 0.3) is 0 Å². The van der Waals surface area contributed by atoms with Crippen molar-refractivity contribution in [2.45, 2.75) is 11.6 Å². The minimum absolute atomic E-state index is 0.0949. The van der Waals surface area contributed by atoms with E-state index in [9.17, 15) is 42.2 Å². The van der Waals surface area contributed by atoms with Crippen LogP contribution in [-0.4, -0.2) is 20.4 Å². The zero-order valence-corrected chi connectivity index (χ0v) is 11.8. The first-order valence-electron chi connectivity index (χ1n) is 5.10. The maximum atomic E-state index is 12.7. The Bertz CT molecular complexity index is 666. The third-order valence-corrected chi connectivity index (χ3v) is 2.83. The van der Waals surface area contributed by atoms with Crippen molar-refractivity contribution in [3.05, 3.63) is 37.9 Å². The lowest BCUT2D eigenvalue weighted by Crippen LogP contribution is -2.15. The van der Waals surface area contributed by atoms with Crippen LogP contribution in [0.4, 0.5) is 39.0 Å². The zero-order chi connectivity index (χ0) is 18.2. The average molecular weight is 382 g/mol. The molecular formula is C9H2Cl2F5N3O4. The van der Waals surface area contributed by atoms with E-state index in [2.05, 4.69) is 16.6 Å². The van der Waals surface area contributed by atoms with Gasteiger partial charge in [-0.05, 0) is 11.6 Å². The van der Waals surface area contributed by atoms with E-state index in [0.29, 0.717) is 0 Å². The molecule has 0 N–H and O–H groups in total. The Morgan fingerprint density at radius 1 is 1.04 bits per heavy atom. The lowest BCUT2D eigenvalue weighted by atomic mass is 10.1. The van der Waals surface area contributed by atoms with Crippen LogP contribution < -0.4 is 0 Å². The third kappa shape index (κ3) is 4.45. The molecule has 7 nitrogen and oxygen atoms in total. The number of rotatable bonds is 4. The van der Waals surface area contributed by atoms with Gasteiger partial charge < -0.3 is 0 Å². The molecule has 0 aliphatic heterocycles. The van der Waals surface area contributed by atoms with E-state index in [1.807, 2.05) is 0 Å². The van der Waals surface area contributed by atoms with Gasteiger partial charge in [0, 0.05) is 12.1 Å². The Balaban J connectivity index is 3.81. The van der Waals surface area contributed by atoms with Crippen molar-refractivity contribution in [1.82, 2.24) is 0 Å². The summed E-state index contributed by atoms with van der Waals surface area (Å²) in [6, 6.07) is -0.190. The molecule has 0 bridgehead atoms. The lowest BCUT2D eigenvalue weighted by Gasteiger charge is -2.09. The van der Waals surface area contributed by atoms with Gasteiger partial charge in [0.2, 0.25) is 5.69 Å². The summed E-state index contributed by atoms with van der Waals surface area (Å²) in [5, 5.41) is 15.5. The molecule has 126 valence electrons. The Labute approximate surface area is 132 Å². The molecule has 0 spiro atoms. The summed E-state index contributed by atoms with van der Waals surface area (Å²) in [6.07, 6.45) is -5.15. The fraction of sp³-hybridized carbons (Fsp3) is 0.222. The molecule has 0 unspecified atom stereocenters. The van der Waals surface area contributed by atoms with E-state index < -0.39 is 49.2 Å². The maximum Gasteiger partial charge on any atom is 0.416 e. The molecule has 0 aliphatic rings. The second-order valence-corrected chi connectivity index (χ2v) is 4.61. The van der Waals surface area contributed by atoms with Crippen LogP contribution >= 0.6 is 23.2 Å². The molecule has 0 saturated carbocycles. The summed E-state index contributed by atoms with van der Waals surface area (Å²) in [5.41, 5.74) is -6.20. The Hall–Kier alpha value is -2.08. The number of hydrogen-bond donors (Lipinski definition) is 0. The van der Waals surface area contributed by atoms with Gasteiger partial charge in [0.15, 0.2) is 5.17 Å². The van der Waals surface area contributed by atoms with E-state index in [4.69, 9.17) is 11.6 Å². The van der Waals surface area contributed by atoms with Gasteiger partial charge in [-0.25, -0.2) is 4.99 Å². The van der Waals surface area contributed by atoms with Gasteiger partial charge >= 0.3 is 22.9 Å². The van der Waals surface area contributed by atoms with Crippen molar-refractivity contribution in [2.75, 3.05) is 0 Å². The van der Waals surface area contributed by atoms with Crippen LogP contribution in [0.3, 0.4) is 0 Å². The van der Waals surface area contributed by atoms with Gasteiger partial charge in [0.05, 0.1) is 15.4 Å². The summed E-state index contributed by atoms with van der Waals surface area (Å²) in [5.74, 6) is 0. The Kier molecular flexibility index (Phi) is 5.11. The first-order valence-corrected chi connectivity index (χ1v) is 5.86. The number of nitrogens with zero attached hydrogens (tertiary/aromatic N) is 3. The van der Waals surface area contributed by atoms with Gasteiger partial charge in [-0.1, -0.05) is 11.6 Å². The number of nitro benzene ring substituents is 2. The summed E-state index contributed by atoms with van der Waals surface area (Å²) in [4.78, 5) is 21.4. The van der Waals surface area contributed by atoms with E-state index in [0.717, 1.165) is 0 Å². The van der Waals surface area contributed by atoms with Gasteiger partial charge in [-0.15, -0.1) is 0 Å². The van der Waals surface area contributed by atoms with Gasteiger partial charge in [0.1, 0.15) is 0 Å². The Morgan fingerprint density at radius 2 is 1.43 bits per heavy atom. The van der Waals surface area contributed by atoms with E-state index in [1.54, 1.807) is 0 Å². The molecule has 0 aliphatic carbocycles. The largest absolute Gasteiger partial charge is 0.416 e. The number of aliphatic imine (C=N–C) groups is 1. The highest BCUT2D eigenvalue weighted by Gasteiger charge is 2.39. The standard InChI is InChI=1S/C9H2Cl2F5N3O4/c10-7(8(11,12)13)17-6-4(18(20)21)1-3(9(14,15)16)2-5(6)19(22)23/h1-2H. The van der Waals surface area contributed by atoms with Crippen LogP contribution in [0.25, 0.3) is 0 Å². The van der Waals surface area contributed by atoms with Crippen molar-refractivity contribution in [3.8, 4) is 0 Å². The van der Waals surface area contributed by atoms with Crippen molar-refractivity contribution in [2.24, 2.45) is 4.99 Å². The molecule has 1 aromatic carbocycles. The highest BCUT2D eigenvalue weighted by atomic mass is 35.5. The van der Waals surface area contributed by atoms with Crippen LogP contribution in [-0.2, 0) is 6.18 Å². The number of hydrogen-bond acceptors (Lipinski definition) is 5. The molecule has 0 heterocycles. The molecule has 23 heavy (non-hydrogen) atoms. The topological polar surface area (TPSA) is 98.6 Å². The smallest absolute Gasteiger partial charge is 0.258 e. The summed E-state index contributed by atoms with van der Waals surface area (Å²) < 4.78 is 63.3. The van der Waals surface area contributed by atoms with Crippen LogP contribution in [0, 0.1) is 20.2 Å². The van der Waals surface area contributed by atoms with Crippen molar-refractivity contribution in [3.63, 3.8) is 0 Å². The van der Waals surface area contributed by atoms with E-state index >= 15 is 0 Å². The fourth-order valence-electron chi connectivity index (χ4n) is 1.32. The molecule has 14 heteroatoms. The minimum Gasteiger partial charge on any atom is -0.258 e. The molecule has 0 saturated heterocycles. The molecule has 0 amide bonds. The van der Waals surface area contributed by atoms with Crippen molar-refractivity contribution in [1.29, 1.82) is 0 Å². The van der Waals surface area contributed by atoms with Crippen LogP contribution in [0.1, 0.15) is 5.56 Å². The van der Waals surface area contributed by atoms with Gasteiger partial charge in [-0.3, -0.25) is 20.2 Å². The van der Waals surface area contributed by atoms with Crippen LogP contribution in [0.5, 0.6) is 0 Å². The summed E-state index contributed by atoms with van der Waals surface area (Å²) in [7, 11) is 0. The average Bonchev–Trinajstić information content (AvgIpc) is 2.35. The molecular weight excluding hydrogens is 380 g/mol. The normalized spacial score (nSPS) is 13.1. The number of benzene rings is 1. The number of halogens is 7. The second-order valence-electron chi connectivity index (χ2n) is 3.78. The third-order valence-electron chi connectivity index (χ3n) is 2.23. The predicted molar refractivity (Wildman–Crippen MR) is 68.5 cm³/mol. The van der Waals surface area contributed by atoms with Crippen LogP contribution in [0.15, 0.2) is 17.1 Å². The van der Waals surface area contributed by atoms with E-state index in [1.165, 1.54) is 0 Å². The monoisotopic (exact) mass is 381 g/mol. The molecule has 0 atom stereocenters. The summed E-state index contributed by atoms with van der Waals surface area (Å²) >= 11 is 9.46.